The van der Waals surface area contributed by atoms with Gasteiger partial charge in [0.25, 0.3) is 5.91 Å². The number of aromatic nitrogens is 2. The number of ether oxygens (including phenoxy) is 3. The number of hydrogen-bond donors (Lipinski definition) is 0. The minimum atomic E-state index is -0.0806. The van der Waals surface area contributed by atoms with E-state index in [0.29, 0.717) is 30.2 Å². The van der Waals surface area contributed by atoms with Crippen LogP contribution in [0.25, 0.3) is 0 Å². The Labute approximate surface area is 146 Å². The van der Waals surface area contributed by atoms with E-state index in [-0.39, 0.29) is 18.7 Å². The number of hydrogen-bond acceptors (Lipinski definition) is 5. The lowest BCUT2D eigenvalue weighted by Crippen LogP contribution is -2.41. The second-order valence-electron chi connectivity index (χ2n) is 6.24. The van der Waals surface area contributed by atoms with Crippen molar-refractivity contribution in [3.63, 3.8) is 0 Å². The Balaban J connectivity index is 1.56. The summed E-state index contributed by atoms with van der Waals surface area (Å²) in [6, 6.07) is 5.24. The summed E-state index contributed by atoms with van der Waals surface area (Å²) in [5.41, 5.74) is 1.76. The van der Waals surface area contributed by atoms with Crippen LogP contribution in [-0.2, 0) is 17.7 Å². The third-order valence-electron chi connectivity index (χ3n) is 4.82. The van der Waals surface area contributed by atoms with Crippen molar-refractivity contribution in [1.82, 2.24) is 14.5 Å². The maximum absolute atomic E-state index is 13.0. The molecule has 0 saturated carbocycles. The standard InChI is InChI=1S/C18H21N3O4/c1-12-17-19-10-14(5-8-23-2)21(17)7-6-20(12)18(22)13-3-4-15-16(9-13)25-11-24-15/h3-4,9-10,12H,5-8,11H2,1-2H3. The van der Waals surface area contributed by atoms with Crippen molar-refractivity contribution in [2.75, 3.05) is 27.1 Å². The zero-order chi connectivity index (χ0) is 17.4. The molecule has 3 heterocycles. The average molecular weight is 343 g/mol. The fourth-order valence-corrected chi connectivity index (χ4v) is 3.44. The van der Waals surface area contributed by atoms with Crippen LogP contribution in [0.1, 0.15) is 34.8 Å². The fraction of sp³-hybridized carbons (Fsp3) is 0.444. The van der Waals surface area contributed by atoms with Gasteiger partial charge in [-0.1, -0.05) is 0 Å². The van der Waals surface area contributed by atoms with Gasteiger partial charge in [0.05, 0.1) is 12.6 Å². The van der Waals surface area contributed by atoms with Gasteiger partial charge in [-0.2, -0.15) is 0 Å². The van der Waals surface area contributed by atoms with Gasteiger partial charge in [0.1, 0.15) is 5.82 Å². The van der Waals surface area contributed by atoms with Crippen LogP contribution >= 0.6 is 0 Å². The predicted molar refractivity (Wildman–Crippen MR) is 89.8 cm³/mol. The molecule has 4 rings (SSSR count). The second-order valence-corrected chi connectivity index (χ2v) is 6.24. The van der Waals surface area contributed by atoms with Crippen molar-refractivity contribution in [2.24, 2.45) is 0 Å². The van der Waals surface area contributed by atoms with Gasteiger partial charge in [0.15, 0.2) is 11.5 Å². The molecule has 0 spiro atoms. The third-order valence-corrected chi connectivity index (χ3v) is 4.82. The number of amides is 1. The van der Waals surface area contributed by atoms with E-state index < -0.39 is 0 Å². The normalized spacial score (nSPS) is 18.3. The van der Waals surface area contributed by atoms with E-state index in [4.69, 9.17) is 14.2 Å². The highest BCUT2D eigenvalue weighted by molar-refractivity contribution is 5.95. The molecule has 0 bridgehead atoms. The molecule has 0 aliphatic carbocycles. The van der Waals surface area contributed by atoms with Gasteiger partial charge in [0.2, 0.25) is 6.79 Å². The number of fused-ring (bicyclic) bond motifs is 2. The monoisotopic (exact) mass is 343 g/mol. The predicted octanol–water partition coefficient (Wildman–Crippen LogP) is 2.02. The molecule has 1 unspecified atom stereocenters. The summed E-state index contributed by atoms with van der Waals surface area (Å²) < 4.78 is 18.1. The highest BCUT2D eigenvalue weighted by atomic mass is 16.7. The van der Waals surface area contributed by atoms with Crippen molar-refractivity contribution in [2.45, 2.75) is 25.9 Å². The van der Waals surface area contributed by atoms with E-state index >= 15 is 0 Å². The first kappa shape index (κ1) is 16.0. The van der Waals surface area contributed by atoms with Gasteiger partial charge in [-0.15, -0.1) is 0 Å². The van der Waals surface area contributed by atoms with Crippen LogP contribution in [0.3, 0.4) is 0 Å². The van der Waals surface area contributed by atoms with Crippen LogP contribution in [0, 0.1) is 0 Å². The molecule has 1 aromatic carbocycles. The third kappa shape index (κ3) is 2.74. The molecular weight excluding hydrogens is 322 g/mol. The summed E-state index contributed by atoms with van der Waals surface area (Å²) in [6.07, 6.45) is 2.71. The molecule has 7 nitrogen and oxygen atoms in total. The topological polar surface area (TPSA) is 65.8 Å². The molecule has 7 heteroatoms. The molecule has 2 aliphatic rings. The Morgan fingerprint density at radius 3 is 3.00 bits per heavy atom. The molecule has 1 atom stereocenters. The Bertz CT molecular complexity index is 802. The Morgan fingerprint density at radius 1 is 1.32 bits per heavy atom. The maximum atomic E-state index is 13.0. The molecular formula is C18H21N3O4. The Hall–Kier alpha value is -2.54. The van der Waals surface area contributed by atoms with E-state index in [1.807, 2.05) is 18.0 Å². The number of nitrogens with zero attached hydrogens (tertiary/aromatic N) is 3. The van der Waals surface area contributed by atoms with Crippen molar-refractivity contribution >= 4 is 5.91 Å². The Morgan fingerprint density at radius 2 is 2.16 bits per heavy atom. The fourth-order valence-electron chi connectivity index (χ4n) is 3.44. The average Bonchev–Trinajstić information content (AvgIpc) is 3.26. The first-order valence-electron chi connectivity index (χ1n) is 8.43. The van der Waals surface area contributed by atoms with E-state index in [2.05, 4.69) is 9.55 Å². The molecule has 0 radical (unpaired) electrons. The highest BCUT2D eigenvalue weighted by Gasteiger charge is 2.31. The molecule has 2 aromatic rings. The van der Waals surface area contributed by atoms with Crippen molar-refractivity contribution in [3.05, 3.63) is 41.5 Å². The van der Waals surface area contributed by atoms with Gasteiger partial charge in [0, 0.05) is 44.1 Å². The zero-order valence-corrected chi connectivity index (χ0v) is 14.4. The molecule has 0 saturated heterocycles. The molecule has 0 fully saturated rings. The Kier molecular flexibility index (Phi) is 4.09. The molecule has 0 N–H and O–H groups in total. The lowest BCUT2D eigenvalue weighted by atomic mass is 10.1. The highest BCUT2D eigenvalue weighted by Crippen LogP contribution is 2.34. The summed E-state index contributed by atoms with van der Waals surface area (Å²) in [5.74, 6) is 2.21. The summed E-state index contributed by atoms with van der Waals surface area (Å²) in [5, 5.41) is 0. The van der Waals surface area contributed by atoms with E-state index in [1.165, 1.54) is 0 Å². The van der Waals surface area contributed by atoms with Crippen LogP contribution in [0.2, 0.25) is 0 Å². The minimum absolute atomic E-state index is 0.0153. The summed E-state index contributed by atoms with van der Waals surface area (Å²) in [7, 11) is 1.70. The van der Waals surface area contributed by atoms with Crippen LogP contribution < -0.4 is 9.47 Å². The number of rotatable bonds is 4. The molecule has 1 aromatic heterocycles. The van der Waals surface area contributed by atoms with Crippen LogP contribution in [-0.4, -0.2) is 47.4 Å². The van der Waals surface area contributed by atoms with Crippen molar-refractivity contribution < 1.29 is 19.0 Å². The number of carbonyl (C=O) groups excluding carboxylic acids is 1. The van der Waals surface area contributed by atoms with Crippen molar-refractivity contribution in [3.8, 4) is 11.5 Å². The summed E-state index contributed by atoms with van der Waals surface area (Å²) in [4.78, 5) is 19.4. The number of methoxy groups -OCH3 is 1. The van der Waals surface area contributed by atoms with E-state index in [9.17, 15) is 4.79 Å². The van der Waals surface area contributed by atoms with Gasteiger partial charge in [-0.05, 0) is 25.1 Å². The van der Waals surface area contributed by atoms with E-state index in [1.54, 1.807) is 25.3 Å². The van der Waals surface area contributed by atoms with Crippen molar-refractivity contribution in [1.29, 1.82) is 0 Å². The summed E-state index contributed by atoms with van der Waals surface area (Å²) in [6.45, 7) is 4.28. The first-order valence-corrected chi connectivity index (χ1v) is 8.43. The van der Waals surface area contributed by atoms with Gasteiger partial charge < -0.3 is 23.7 Å². The maximum Gasteiger partial charge on any atom is 0.254 e. The number of carbonyl (C=O) groups is 1. The van der Waals surface area contributed by atoms with Gasteiger partial charge >= 0.3 is 0 Å². The molecule has 132 valence electrons. The zero-order valence-electron chi connectivity index (χ0n) is 14.4. The lowest BCUT2D eigenvalue weighted by molar-refractivity contribution is 0.0635. The molecule has 25 heavy (non-hydrogen) atoms. The quantitative estimate of drug-likeness (QED) is 0.850. The van der Waals surface area contributed by atoms with Gasteiger partial charge in [-0.3, -0.25) is 4.79 Å². The number of imidazole rings is 1. The van der Waals surface area contributed by atoms with Crippen LogP contribution in [0.15, 0.2) is 24.4 Å². The van der Waals surface area contributed by atoms with Crippen LogP contribution in [0.4, 0.5) is 0 Å². The van der Waals surface area contributed by atoms with E-state index in [0.717, 1.165) is 24.5 Å². The second kappa shape index (κ2) is 6.40. The first-order chi connectivity index (χ1) is 12.2. The molecule has 1 amide bonds. The lowest BCUT2D eigenvalue weighted by Gasteiger charge is -2.34. The van der Waals surface area contributed by atoms with Gasteiger partial charge in [-0.25, -0.2) is 4.98 Å². The minimum Gasteiger partial charge on any atom is -0.454 e. The molecule has 2 aliphatic heterocycles. The summed E-state index contributed by atoms with van der Waals surface area (Å²) >= 11 is 0. The van der Waals surface area contributed by atoms with Crippen LogP contribution in [0.5, 0.6) is 11.5 Å². The largest absolute Gasteiger partial charge is 0.454 e. The SMILES string of the molecule is COCCc1cnc2n1CCN(C(=O)c1ccc3c(c1)OCO3)C2C. The number of benzene rings is 1. The smallest absolute Gasteiger partial charge is 0.254 e.